The van der Waals surface area contributed by atoms with E-state index in [1.54, 1.807) is 35.3 Å². The number of benzene rings is 2. The van der Waals surface area contributed by atoms with Crippen molar-refractivity contribution in [2.45, 2.75) is 12.8 Å². The van der Waals surface area contributed by atoms with Gasteiger partial charge in [0.15, 0.2) is 0 Å². The maximum Gasteiger partial charge on any atom is 0.225 e. The summed E-state index contributed by atoms with van der Waals surface area (Å²) in [7, 11) is 0. The standard InChI is InChI=1S/C23H19FN4O/c24-19-7-4-8-20(15-19)28-22(16-21(27-28)18-5-2-1-3-6-18)26-23(29)10-9-17-11-13-25-14-12-17/h1-8,11-16H,9-10H2,(H,26,29). The highest BCUT2D eigenvalue weighted by atomic mass is 19.1. The molecule has 1 amide bonds. The Labute approximate surface area is 167 Å². The minimum atomic E-state index is -0.366. The first-order valence-electron chi connectivity index (χ1n) is 9.29. The van der Waals surface area contributed by atoms with Gasteiger partial charge in [-0.3, -0.25) is 9.78 Å². The maximum atomic E-state index is 13.8. The molecule has 2 heterocycles. The van der Waals surface area contributed by atoms with Gasteiger partial charge in [-0.05, 0) is 42.3 Å². The molecule has 29 heavy (non-hydrogen) atoms. The second kappa shape index (κ2) is 8.48. The predicted molar refractivity (Wildman–Crippen MR) is 110 cm³/mol. The Kier molecular flexibility index (Phi) is 5.42. The van der Waals surface area contributed by atoms with Crippen LogP contribution < -0.4 is 5.32 Å². The number of halogens is 1. The molecule has 0 saturated heterocycles. The molecule has 0 radical (unpaired) electrons. The average Bonchev–Trinajstić information content (AvgIpc) is 3.17. The highest BCUT2D eigenvalue weighted by Crippen LogP contribution is 2.25. The van der Waals surface area contributed by atoms with Crippen molar-refractivity contribution in [3.63, 3.8) is 0 Å². The number of rotatable bonds is 6. The summed E-state index contributed by atoms with van der Waals surface area (Å²) in [5, 5.41) is 7.50. The monoisotopic (exact) mass is 386 g/mol. The molecule has 0 bridgehead atoms. The minimum absolute atomic E-state index is 0.140. The summed E-state index contributed by atoms with van der Waals surface area (Å²) in [6, 6.07) is 21.3. The van der Waals surface area contributed by atoms with Gasteiger partial charge >= 0.3 is 0 Å². The van der Waals surface area contributed by atoms with Crippen molar-refractivity contribution < 1.29 is 9.18 Å². The summed E-state index contributed by atoms with van der Waals surface area (Å²) >= 11 is 0. The molecule has 0 aliphatic carbocycles. The lowest BCUT2D eigenvalue weighted by Crippen LogP contribution is -2.15. The van der Waals surface area contributed by atoms with Gasteiger partial charge in [-0.1, -0.05) is 36.4 Å². The molecule has 0 saturated carbocycles. The maximum absolute atomic E-state index is 13.8. The van der Waals surface area contributed by atoms with E-state index >= 15 is 0 Å². The topological polar surface area (TPSA) is 59.8 Å². The molecule has 2 aromatic heterocycles. The molecule has 6 heteroatoms. The quantitative estimate of drug-likeness (QED) is 0.525. The first kappa shape index (κ1) is 18.6. The SMILES string of the molecule is O=C(CCc1ccncc1)Nc1cc(-c2ccccc2)nn1-c1cccc(F)c1. The Balaban J connectivity index is 1.60. The van der Waals surface area contributed by atoms with Gasteiger partial charge in [-0.2, -0.15) is 5.10 Å². The molecule has 2 aromatic carbocycles. The number of aryl methyl sites for hydroxylation is 1. The van der Waals surface area contributed by atoms with Gasteiger partial charge in [-0.25, -0.2) is 9.07 Å². The summed E-state index contributed by atoms with van der Waals surface area (Å²) in [6.07, 6.45) is 4.34. The first-order chi connectivity index (χ1) is 14.2. The summed E-state index contributed by atoms with van der Waals surface area (Å²) in [5.74, 6) is -0.0117. The van der Waals surface area contributed by atoms with Crippen LogP contribution in [0.1, 0.15) is 12.0 Å². The van der Waals surface area contributed by atoms with E-state index in [0.29, 0.717) is 30.0 Å². The van der Waals surface area contributed by atoms with Crippen LogP contribution in [0.25, 0.3) is 16.9 Å². The zero-order chi connectivity index (χ0) is 20.1. The van der Waals surface area contributed by atoms with Crippen molar-refractivity contribution >= 4 is 11.7 Å². The van der Waals surface area contributed by atoms with Crippen LogP contribution in [-0.4, -0.2) is 20.7 Å². The molecule has 5 nitrogen and oxygen atoms in total. The van der Waals surface area contributed by atoms with Crippen LogP contribution in [0.5, 0.6) is 0 Å². The van der Waals surface area contributed by atoms with Crippen molar-refractivity contribution in [3.8, 4) is 16.9 Å². The molecular formula is C23H19FN4O. The number of nitrogens with zero attached hydrogens (tertiary/aromatic N) is 3. The molecule has 0 spiro atoms. The van der Waals surface area contributed by atoms with E-state index in [0.717, 1.165) is 11.1 Å². The Morgan fingerprint density at radius 2 is 1.76 bits per heavy atom. The largest absolute Gasteiger partial charge is 0.311 e. The number of pyridine rings is 1. The summed E-state index contributed by atoms with van der Waals surface area (Å²) in [4.78, 5) is 16.5. The molecule has 0 aliphatic rings. The van der Waals surface area contributed by atoms with E-state index in [1.165, 1.54) is 12.1 Å². The van der Waals surface area contributed by atoms with Crippen molar-refractivity contribution in [1.29, 1.82) is 0 Å². The van der Waals surface area contributed by atoms with Crippen molar-refractivity contribution in [3.05, 3.63) is 96.6 Å². The molecule has 0 aliphatic heterocycles. The Bertz CT molecular complexity index is 1110. The number of aromatic nitrogens is 3. The van der Waals surface area contributed by atoms with Gasteiger partial charge in [-0.15, -0.1) is 0 Å². The molecular weight excluding hydrogens is 367 g/mol. The number of nitrogens with one attached hydrogen (secondary N) is 1. The van der Waals surface area contributed by atoms with Gasteiger partial charge < -0.3 is 5.32 Å². The Hall–Kier alpha value is -3.80. The fraction of sp³-hybridized carbons (Fsp3) is 0.0870. The molecule has 1 N–H and O–H groups in total. The molecule has 144 valence electrons. The number of carbonyl (C=O) groups excluding carboxylic acids is 1. The van der Waals surface area contributed by atoms with Crippen molar-refractivity contribution in [2.75, 3.05) is 5.32 Å². The van der Waals surface area contributed by atoms with Gasteiger partial charge in [0.1, 0.15) is 11.6 Å². The number of carbonyl (C=O) groups is 1. The van der Waals surface area contributed by atoms with Gasteiger partial charge in [0, 0.05) is 30.4 Å². The third-order valence-electron chi connectivity index (χ3n) is 4.49. The van der Waals surface area contributed by atoms with Crippen LogP contribution in [0.2, 0.25) is 0 Å². The fourth-order valence-electron chi connectivity index (χ4n) is 3.04. The van der Waals surface area contributed by atoms with E-state index in [4.69, 9.17) is 0 Å². The van der Waals surface area contributed by atoms with Crippen LogP contribution in [0.15, 0.2) is 85.2 Å². The minimum Gasteiger partial charge on any atom is -0.311 e. The number of anilines is 1. The van der Waals surface area contributed by atoms with E-state index in [9.17, 15) is 9.18 Å². The molecule has 4 aromatic rings. The van der Waals surface area contributed by atoms with Crippen LogP contribution in [0, 0.1) is 5.82 Å². The molecule has 0 unspecified atom stereocenters. The van der Waals surface area contributed by atoms with E-state index in [2.05, 4.69) is 15.4 Å². The lowest BCUT2D eigenvalue weighted by Gasteiger charge is -2.09. The zero-order valence-corrected chi connectivity index (χ0v) is 15.6. The summed E-state index contributed by atoms with van der Waals surface area (Å²) < 4.78 is 15.3. The lowest BCUT2D eigenvalue weighted by molar-refractivity contribution is -0.116. The first-order valence-corrected chi connectivity index (χ1v) is 9.29. The number of amides is 1. The zero-order valence-electron chi connectivity index (χ0n) is 15.6. The Morgan fingerprint density at radius 1 is 0.966 bits per heavy atom. The van der Waals surface area contributed by atoms with Crippen molar-refractivity contribution in [2.24, 2.45) is 0 Å². The van der Waals surface area contributed by atoms with Crippen molar-refractivity contribution in [1.82, 2.24) is 14.8 Å². The lowest BCUT2D eigenvalue weighted by atomic mass is 10.1. The van der Waals surface area contributed by atoms with E-state index in [1.807, 2.05) is 42.5 Å². The summed E-state index contributed by atoms with van der Waals surface area (Å²) in [6.45, 7) is 0. The van der Waals surface area contributed by atoms with Crippen LogP contribution in [0.3, 0.4) is 0 Å². The second-order valence-corrected chi connectivity index (χ2v) is 6.58. The normalized spacial score (nSPS) is 10.7. The van der Waals surface area contributed by atoms with Crippen LogP contribution in [0.4, 0.5) is 10.2 Å². The van der Waals surface area contributed by atoms with E-state index < -0.39 is 0 Å². The fourth-order valence-corrected chi connectivity index (χ4v) is 3.04. The highest BCUT2D eigenvalue weighted by Gasteiger charge is 2.14. The predicted octanol–water partition coefficient (Wildman–Crippen LogP) is 4.64. The third kappa shape index (κ3) is 4.55. The van der Waals surface area contributed by atoms with Gasteiger partial charge in [0.25, 0.3) is 0 Å². The number of hydrogen-bond donors (Lipinski definition) is 1. The smallest absolute Gasteiger partial charge is 0.225 e. The highest BCUT2D eigenvalue weighted by molar-refractivity contribution is 5.91. The molecule has 0 atom stereocenters. The van der Waals surface area contributed by atoms with E-state index in [-0.39, 0.29) is 11.7 Å². The molecule has 0 fully saturated rings. The Morgan fingerprint density at radius 3 is 2.52 bits per heavy atom. The molecule has 4 rings (SSSR count). The third-order valence-corrected chi connectivity index (χ3v) is 4.49. The van der Waals surface area contributed by atoms with Crippen LogP contribution >= 0.6 is 0 Å². The van der Waals surface area contributed by atoms with Crippen LogP contribution in [-0.2, 0) is 11.2 Å². The second-order valence-electron chi connectivity index (χ2n) is 6.58. The summed E-state index contributed by atoms with van der Waals surface area (Å²) in [5.41, 5.74) is 3.18. The van der Waals surface area contributed by atoms with Gasteiger partial charge in [0.2, 0.25) is 5.91 Å². The van der Waals surface area contributed by atoms with Gasteiger partial charge in [0.05, 0.1) is 11.4 Å². The number of hydrogen-bond acceptors (Lipinski definition) is 3. The average molecular weight is 386 g/mol.